The van der Waals surface area contributed by atoms with Crippen LogP contribution in [0.2, 0.25) is 0 Å². The first-order chi connectivity index (χ1) is 16.8. The highest BCUT2D eigenvalue weighted by molar-refractivity contribution is 6.01. The minimum atomic E-state index is -0.650. The summed E-state index contributed by atoms with van der Waals surface area (Å²) in [4.78, 5) is 43.3. The van der Waals surface area contributed by atoms with Crippen LogP contribution in [0.3, 0.4) is 0 Å². The molecule has 3 N–H and O–H groups in total. The second-order valence-electron chi connectivity index (χ2n) is 9.77. The number of hydrogen-bond acceptors (Lipinski definition) is 6. The molecule has 2 aromatic carbocycles. The molecule has 8 heteroatoms. The normalized spacial score (nSPS) is 18.4. The highest BCUT2D eigenvalue weighted by atomic mass is 16.5. The quantitative estimate of drug-likeness (QED) is 0.519. The molecule has 1 atom stereocenters. The fourth-order valence-electron chi connectivity index (χ4n) is 5.00. The van der Waals surface area contributed by atoms with Gasteiger partial charge in [-0.3, -0.25) is 19.6 Å². The van der Waals surface area contributed by atoms with Gasteiger partial charge in [-0.15, -0.1) is 0 Å². The molecule has 180 valence electrons. The number of carbonyl (C=O) groups is 1. The Morgan fingerprint density at radius 1 is 0.971 bits per heavy atom. The molecular formula is C27H27N3O5. The van der Waals surface area contributed by atoms with E-state index in [1.807, 2.05) is 50.2 Å². The fourth-order valence-corrected chi connectivity index (χ4v) is 5.00. The smallest absolute Gasteiger partial charge is 0.327 e. The van der Waals surface area contributed by atoms with Crippen LogP contribution >= 0.6 is 0 Å². The van der Waals surface area contributed by atoms with Crippen LogP contribution in [-0.2, 0) is 11.4 Å². The van der Waals surface area contributed by atoms with Crippen LogP contribution in [0.5, 0.6) is 11.5 Å². The number of H-pyrrole nitrogens is 2. The number of rotatable bonds is 5. The molecular weight excluding hydrogens is 446 g/mol. The van der Waals surface area contributed by atoms with Crippen molar-refractivity contribution in [3.05, 3.63) is 97.3 Å². The van der Waals surface area contributed by atoms with E-state index in [-0.39, 0.29) is 11.2 Å². The second-order valence-corrected chi connectivity index (χ2v) is 9.77. The predicted molar refractivity (Wildman–Crippen MR) is 132 cm³/mol. The molecule has 0 fully saturated rings. The van der Waals surface area contributed by atoms with Crippen LogP contribution in [0.4, 0.5) is 5.82 Å². The third-order valence-electron chi connectivity index (χ3n) is 6.51. The van der Waals surface area contributed by atoms with Crippen molar-refractivity contribution in [1.82, 2.24) is 9.97 Å². The standard InChI is InChI=1S/C27H27N3O5/c1-27(2)12-17-22(18(31)13-27)21(23-24(28-17)29-26(33)30-25(23)32)16-9-10-19(20(11-16)34-3)35-14-15-7-5-4-6-8-15/h4-11,21H,12-14H2,1-3H3,(H3,28,29,30,32,33). The van der Waals surface area contributed by atoms with Crippen molar-refractivity contribution >= 4 is 11.6 Å². The van der Waals surface area contributed by atoms with Gasteiger partial charge in [-0.2, -0.15) is 0 Å². The Hall–Kier alpha value is -4.07. The van der Waals surface area contributed by atoms with Gasteiger partial charge in [-0.05, 0) is 35.1 Å². The molecule has 5 rings (SSSR count). The molecule has 0 spiro atoms. The molecule has 1 unspecified atom stereocenters. The van der Waals surface area contributed by atoms with E-state index in [1.165, 1.54) is 0 Å². The number of nitrogens with one attached hydrogen (secondary N) is 3. The van der Waals surface area contributed by atoms with Gasteiger partial charge in [-0.25, -0.2) is 4.79 Å². The van der Waals surface area contributed by atoms with Gasteiger partial charge in [0.05, 0.1) is 12.7 Å². The summed E-state index contributed by atoms with van der Waals surface area (Å²) in [6, 6.07) is 15.2. The Labute approximate surface area is 202 Å². The Morgan fingerprint density at radius 2 is 1.74 bits per heavy atom. The van der Waals surface area contributed by atoms with E-state index in [1.54, 1.807) is 19.2 Å². The van der Waals surface area contributed by atoms with Crippen molar-refractivity contribution in [3.8, 4) is 11.5 Å². The molecule has 8 nitrogen and oxygen atoms in total. The van der Waals surface area contributed by atoms with E-state index >= 15 is 0 Å². The molecule has 0 radical (unpaired) electrons. The number of methoxy groups -OCH3 is 1. The first kappa shape index (κ1) is 22.7. The second kappa shape index (κ2) is 8.61. The van der Waals surface area contributed by atoms with Crippen LogP contribution in [0.15, 0.2) is 69.4 Å². The van der Waals surface area contributed by atoms with Crippen molar-refractivity contribution in [2.24, 2.45) is 5.41 Å². The lowest BCUT2D eigenvalue weighted by Crippen LogP contribution is -2.38. The summed E-state index contributed by atoms with van der Waals surface area (Å²) in [7, 11) is 1.55. The molecule has 2 heterocycles. The molecule has 0 amide bonds. The fraction of sp³-hybridized carbons (Fsp3) is 0.296. The Bertz CT molecular complexity index is 1450. The van der Waals surface area contributed by atoms with Crippen molar-refractivity contribution < 1.29 is 14.3 Å². The predicted octanol–water partition coefficient (Wildman–Crippen LogP) is 3.85. The first-order valence-electron chi connectivity index (χ1n) is 11.5. The van der Waals surface area contributed by atoms with Crippen molar-refractivity contribution in [1.29, 1.82) is 0 Å². The van der Waals surface area contributed by atoms with Gasteiger partial charge in [0.25, 0.3) is 5.56 Å². The number of Topliss-reactive ketones (excluding diaryl/α,β-unsaturated/α-hetero) is 1. The number of aromatic nitrogens is 2. The summed E-state index contributed by atoms with van der Waals surface area (Å²) in [5.41, 5.74) is 1.93. The summed E-state index contributed by atoms with van der Waals surface area (Å²) in [5, 5.41) is 3.17. The van der Waals surface area contributed by atoms with E-state index in [0.717, 1.165) is 11.3 Å². The van der Waals surface area contributed by atoms with E-state index in [2.05, 4.69) is 15.3 Å². The lowest BCUT2D eigenvalue weighted by atomic mass is 9.69. The minimum Gasteiger partial charge on any atom is -0.493 e. The number of fused-ring (bicyclic) bond motifs is 1. The summed E-state index contributed by atoms with van der Waals surface area (Å²) in [5.74, 6) is 0.687. The molecule has 35 heavy (non-hydrogen) atoms. The molecule has 3 aromatic rings. The Morgan fingerprint density at radius 3 is 2.49 bits per heavy atom. The number of carbonyl (C=O) groups excluding carboxylic acids is 1. The van der Waals surface area contributed by atoms with Gasteiger partial charge in [0, 0.05) is 23.6 Å². The third-order valence-corrected chi connectivity index (χ3v) is 6.51. The largest absolute Gasteiger partial charge is 0.493 e. The van der Waals surface area contributed by atoms with Gasteiger partial charge < -0.3 is 14.8 Å². The van der Waals surface area contributed by atoms with Crippen molar-refractivity contribution in [2.45, 2.75) is 39.2 Å². The lowest BCUT2D eigenvalue weighted by molar-refractivity contribution is -0.118. The van der Waals surface area contributed by atoms with Crippen LogP contribution in [-0.4, -0.2) is 22.9 Å². The van der Waals surface area contributed by atoms with Crippen LogP contribution in [0.25, 0.3) is 0 Å². The van der Waals surface area contributed by atoms with E-state index in [4.69, 9.17) is 9.47 Å². The molecule has 1 aromatic heterocycles. The number of aromatic amines is 2. The van der Waals surface area contributed by atoms with Crippen LogP contribution < -0.4 is 26.0 Å². The Kier molecular flexibility index (Phi) is 5.59. The first-order valence-corrected chi connectivity index (χ1v) is 11.5. The SMILES string of the molecule is COc1cc(C2C3=C(CC(C)(C)CC3=O)Nc3[nH]c(=O)[nH]c(=O)c32)ccc1OCc1ccccc1. The highest BCUT2D eigenvalue weighted by Gasteiger charge is 2.42. The summed E-state index contributed by atoms with van der Waals surface area (Å²) >= 11 is 0. The average Bonchev–Trinajstić information content (AvgIpc) is 2.81. The van der Waals surface area contributed by atoms with Crippen molar-refractivity contribution in [3.63, 3.8) is 0 Å². The Balaban J connectivity index is 1.60. The van der Waals surface area contributed by atoms with E-state index in [9.17, 15) is 14.4 Å². The monoisotopic (exact) mass is 473 g/mol. The van der Waals surface area contributed by atoms with Gasteiger partial charge in [0.2, 0.25) is 0 Å². The highest BCUT2D eigenvalue weighted by Crippen LogP contribution is 2.48. The minimum absolute atomic E-state index is 0.0200. The number of anilines is 1. The molecule has 0 saturated carbocycles. The number of benzene rings is 2. The topological polar surface area (TPSA) is 113 Å². The van der Waals surface area contributed by atoms with Gasteiger partial charge in [0.1, 0.15) is 12.4 Å². The van der Waals surface area contributed by atoms with Gasteiger partial charge in [-0.1, -0.05) is 50.2 Å². The number of ketones is 1. The maximum Gasteiger partial charge on any atom is 0.327 e. The maximum absolute atomic E-state index is 13.4. The molecule has 1 aliphatic heterocycles. The van der Waals surface area contributed by atoms with Crippen molar-refractivity contribution in [2.75, 3.05) is 12.4 Å². The molecule has 1 aliphatic carbocycles. The molecule has 0 saturated heterocycles. The number of allylic oxidation sites excluding steroid dienone is 2. The average molecular weight is 474 g/mol. The van der Waals surface area contributed by atoms with Crippen LogP contribution in [0.1, 0.15) is 49.3 Å². The molecule has 0 bridgehead atoms. The van der Waals surface area contributed by atoms with Gasteiger partial charge >= 0.3 is 5.69 Å². The van der Waals surface area contributed by atoms with E-state index in [0.29, 0.717) is 53.5 Å². The summed E-state index contributed by atoms with van der Waals surface area (Å²) in [6.07, 6.45) is 0.990. The third kappa shape index (κ3) is 4.27. The summed E-state index contributed by atoms with van der Waals surface area (Å²) in [6.45, 7) is 4.43. The number of hydrogen-bond donors (Lipinski definition) is 3. The number of ether oxygens (including phenoxy) is 2. The zero-order valence-electron chi connectivity index (χ0n) is 19.9. The van der Waals surface area contributed by atoms with Gasteiger partial charge in [0.15, 0.2) is 17.3 Å². The molecule has 2 aliphatic rings. The van der Waals surface area contributed by atoms with Crippen LogP contribution in [0, 0.1) is 5.41 Å². The zero-order chi connectivity index (χ0) is 24.7. The summed E-state index contributed by atoms with van der Waals surface area (Å²) < 4.78 is 11.6. The lowest BCUT2D eigenvalue weighted by Gasteiger charge is -2.38. The van der Waals surface area contributed by atoms with E-state index < -0.39 is 17.2 Å². The maximum atomic E-state index is 13.4. The zero-order valence-corrected chi connectivity index (χ0v) is 19.9.